The number of halogens is 1. The maximum absolute atomic E-state index is 12.2. The molecule has 3 rings (SSSR count). The summed E-state index contributed by atoms with van der Waals surface area (Å²) in [5.41, 5.74) is 4.31. The monoisotopic (exact) mass is 534 g/mol. The van der Waals surface area contributed by atoms with E-state index in [2.05, 4.69) is 36.7 Å². The van der Waals surface area contributed by atoms with E-state index in [-0.39, 0.29) is 17.8 Å². The highest BCUT2D eigenvalue weighted by Gasteiger charge is 2.13. The largest absolute Gasteiger partial charge is 0.490 e. The van der Waals surface area contributed by atoms with Crippen LogP contribution in [0.15, 0.2) is 56.4 Å². The van der Waals surface area contributed by atoms with E-state index in [4.69, 9.17) is 9.47 Å². The smallest absolute Gasteiger partial charge is 0.250 e. The molecule has 0 atom stereocenters. The molecule has 3 aromatic rings. The highest BCUT2D eigenvalue weighted by Crippen LogP contribution is 2.37. The topological polar surface area (TPSA) is 85.7 Å². The van der Waals surface area contributed by atoms with Crippen molar-refractivity contribution in [2.45, 2.75) is 31.2 Å². The Morgan fingerprint density at radius 2 is 2.06 bits per heavy atom. The summed E-state index contributed by atoms with van der Waals surface area (Å²) in [6, 6.07) is 13.5. The number of carbonyl (C=O) groups is 1. The molecular weight excluding hydrogens is 512 g/mol. The van der Waals surface area contributed by atoms with Gasteiger partial charge in [0.2, 0.25) is 0 Å². The van der Waals surface area contributed by atoms with Gasteiger partial charge in [0.15, 0.2) is 15.8 Å². The lowest BCUT2D eigenvalue weighted by Gasteiger charge is -2.16. The number of hydrogen-bond donors (Lipinski definition) is 1. The number of thioether (sulfide) groups is 1. The molecule has 1 amide bonds. The third kappa shape index (κ3) is 7.04. The predicted molar refractivity (Wildman–Crippen MR) is 133 cm³/mol. The van der Waals surface area contributed by atoms with Gasteiger partial charge >= 0.3 is 0 Å². The second kappa shape index (κ2) is 12.0. The zero-order chi connectivity index (χ0) is 22.9. The van der Waals surface area contributed by atoms with E-state index in [0.29, 0.717) is 18.1 Å². The zero-order valence-corrected chi connectivity index (χ0v) is 21.1. The van der Waals surface area contributed by atoms with E-state index in [1.807, 2.05) is 63.2 Å². The molecule has 0 radical (unpaired) electrons. The second-order valence-corrected chi connectivity index (χ2v) is 9.80. The lowest BCUT2D eigenvalue weighted by molar-refractivity contribution is -0.118. The van der Waals surface area contributed by atoms with Gasteiger partial charge in [-0.1, -0.05) is 53.4 Å². The molecule has 0 saturated carbocycles. The third-order valence-electron chi connectivity index (χ3n) is 3.84. The molecule has 0 aliphatic carbocycles. The fourth-order valence-corrected chi connectivity index (χ4v) is 4.78. The third-order valence-corrected chi connectivity index (χ3v) is 6.54. The van der Waals surface area contributed by atoms with Gasteiger partial charge in [0, 0.05) is 5.56 Å². The van der Waals surface area contributed by atoms with Crippen LogP contribution in [0, 0.1) is 0 Å². The van der Waals surface area contributed by atoms with Crippen molar-refractivity contribution in [1.29, 1.82) is 0 Å². The number of hydrogen-bond acceptors (Lipinski definition) is 8. The summed E-state index contributed by atoms with van der Waals surface area (Å²) in [4.78, 5) is 12.2. The first-order valence-corrected chi connectivity index (χ1v) is 12.5. The lowest BCUT2D eigenvalue weighted by Crippen LogP contribution is -2.19. The standard InChI is InChI=1S/C22H23BrN4O3S2/c1-4-29-18-11-15(10-17(23)20(18)30-14(2)3)12-24-25-19(28)13-31-22-27-26-21(32-22)16-8-6-5-7-9-16/h5-12,14H,4,13H2,1-3H3,(H,25,28). The summed E-state index contributed by atoms with van der Waals surface area (Å²) in [5.74, 6) is 1.22. The number of carbonyl (C=O) groups excluding carboxylic acids is 1. The highest BCUT2D eigenvalue weighted by molar-refractivity contribution is 9.10. The van der Waals surface area contributed by atoms with E-state index in [0.717, 1.165) is 24.9 Å². The quantitative estimate of drug-likeness (QED) is 0.213. The summed E-state index contributed by atoms with van der Waals surface area (Å²) >= 11 is 6.30. The minimum Gasteiger partial charge on any atom is -0.490 e. The van der Waals surface area contributed by atoms with Crippen molar-refractivity contribution in [2.24, 2.45) is 5.10 Å². The molecule has 1 heterocycles. The predicted octanol–water partition coefficient (Wildman–Crippen LogP) is 5.40. The SMILES string of the molecule is CCOc1cc(C=NNC(=O)CSc2nnc(-c3ccccc3)s2)cc(Br)c1OC(C)C. The molecule has 10 heteroatoms. The van der Waals surface area contributed by atoms with Gasteiger partial charge in [-0.25, -0.2) is 5.43 Å². The van der Waals surface area contributed by atoms with E-state index in [9.17, 15) is 4.79 Å². The lowest BCUT2D eigenvalue weighted by atomic mass is 10.2. The molecule has 32 heavy (non-hydrogen) atoms. The Labute approximate surface area is 203 Å². The molecule has 0 aliphatic rings. The van der Waals surface area contributed by atoms with Gasteiger partial charge in [-0.2, -0.15) is 5.10 Å². The molecule has 1 N–H and O–H groups in total. The first-order chi connectivity index (χ1) is 15.5. The number of ether oxygens (including phenoxy) is 2. The molecular formula is C22H23BrN4O3S2. The molecule has 0 spiro atoms. The van der Waals surface area contributed by atoms with Crippen LogP contribution < -0.4 is 14.9 Å². The molecule has 2 aromatic carbocycles. The molecule has 0 aliphatic heterocycles. The van der Waals surface area contributed by atoms with E-state index >= 15 is 0 Å². The van der Waals surface area contributed by atoms with Crippen LogP contribution in [0.2, 0.25) is 0 Å². The maximum atomic E-state index is 12.2. The number of rotatable bonds is 10. The Balaban J connectivity index is 1.55. The normalized spacial score (nSPS) is 11.2. The minimum atomic E-state index is -0.230. The molecule has 0 unspecified atom stereocenters. The van der Waals surface area contributed by atoms with Gasteiger partial charge in [-0.05, 0) is 54.4 Å². The van der Waals surface area contributed by atoms with E-state index < -0.39 is 0 Å². The van der Waals surface area contributed by atoms with Crippen LogP contribution in [0.25, 0.3) is 10.6 Å². The molecule has 0 fully saturated rings. The van der Waals surface area contributed by atoms with Gasteiger partial charge < -0.3 is 9.47 Å². The first-order valence-electron chi connectivity index (χ1n) is 9.93. The van der Waals surface area contributed by atoms with Crippen LogP contribution in [0.4, 0.5) is 0 Å². The number of hydrazone groups is 1. The van der Waals surface area contributed by atoms with Crippen molar-refractivity contribution in [1.82, 2.24) is 15.6 Å². The van der Waals surface area contributed by atoms with Gasteiger partial charge in [-0.15, -0.1) is 10.2 Å². The van der Waals surface area contributed by atoms with Crippen LogP contribution in [-0.2, 0) is 4.79 Å². The zero-order valence-electron chi connectivity index (χ0n) is 17.9. The average molecular weight is 535 g/mol. The molecule has 1 aromatic heterocycles. The summed E-state index contributed by atoms with van der Waals surface area (Å²) in [6.45, 7) is 6.32. The van der Waals surface area contributed by atoms with Crippen molar-refractivity contribution in [3.63, 3.8) is 0 Å². The molecule has 168 valence electrons. The number of nitrogens with one attached hydrogen (secondary N) is 1. The van der Waals surface area contributed by atoms with Gasteiger partial charge in [0.25, 0.3) is 5.91 Å². The maximum Gasteiger partial charge on any atom is 0.250 e. The average Bonchev–Trinajstić information content (AvgIpc) is 3.24. The summed E-state index contributed by atoms with van der Waals surface area (Å²) in [7, 11) is 0. The summed E-state index contributed by atoms with van der Waals surface area (Å²) < 4.78 is 13.0. The Kier molecular flexibility index (Phi) is 9.07. The fourth-order valence-electron chi connectivity index (χ4n) is 2.58. The van der Waals surface area contributed by atoms with Crippen molar-refractivity contribution >= 4 is 51.2 Å². The van der Waals surface area contributed by atoms with Crippen molar-refractivity contribution in [2.75, 3.05) is 12.4 Å². The van der Waals surface area contributed by atoms with Crippen LogP contribution in [0.5, 0.6) is 11.5 Å². The fraction of sp³-hybridized carbons (Fsp3) is 0.273. The highest BCUT2D eigenvalue weighted by atomic mass is 79.9. The summed E-state index contributed by atoms with van der Waals surface area (Å²) in [5, 5.41) is 13.2. The van der Waals surface area contributed by atoms with Crippen molar-refractivity contribution < 1.29 is 14.3 Å². The van der Waals surface area contributed by atoms with Gasteiger partial charge in [0.1, 0.15) is 5.01 Å². The van der Waals surface area contributed by atoms with Crippen LogP contribution in [-0.4, -0.2) is 40.8 Å². The van der Waals surface area contributed by atoms with E-state index in [1.54, 1.807) is 6.21 Å². The van der Waals surface area contributed by atoms with Gasteiger partial charge in [0.05, 0.1) is 29.2 Å². The van der Waals surface area contributed by atoms with Crippen molar-refractivity contribution in [3.05, 3.63) is 52.5 Å². The Morgan fingerprint density at radius 1 is 1.28 bits per heavy atom. The van der Waals surface area contributed by atoms with Crippen molar-refractivity contribution in [3.8, 4) is 22.1 Å². The van der Waals surface area contributed by atoms with Crippen LogP contribution >= 0.6 is 39.0 Å². The molecule has 0 bridgehead atoms. The minimum absolute atomic E-state index is 0.0126. The Morgan fingerprint density at radius 3 is 2.78 bits per heavy atom. The second-order valence-electron chi connectivity index (χ2n) is 6.75. The molecule has 7 nitrogen and oxygen atoms in total. The first kappa shape index (κ1) is 24.2. The van der Waals surface area contributed by atoms with E-state index in [1.165, 1.54) is 23.1 Å². The van der Waals surface area contributed by atoms with Crippen LogP contribution in [0.3, 0.4) is 0 Å². The van der Waals surface area contributed by atoms with Crippen LogP contribution in [0.1, 0.15) is 26.3 Å². The number of benzene rings is 2. The Hall–Kier alpha value is -2.43. The van der Waals surface area contributed by atoms with Gasteiger partial charge in [-0.3, -0.25) is 4.79 Å². The molecule has 0 saturated heterocycles. The number of amides is 1. The Bertz CT molecular complexity index is 1070. The summed E-state index contributed by atoms with van der Waals surface area (Å²) in [6.07, 6.45) is 1.58. The number of nitrogens with zero attached hydrogens (tertiary/aromatic N) is 3. The number of aromatic nitrogens is 2.